The van der Waals surface area contributed by atoms with Gasteiger partial charge < -0.3 is 14.2 Å². The topological polar surface area (TPSA) is 61.8 Å². The molecule has 0 spiro atoms. The Morgan fingerprint density at radius 3 is 1.81 bits per heavy atom. The highest BCUT2D eigenvalue weighted by Gasteiger charge is 2.13. The van der Waals surface area contributed by atoms with Crippen LogP contribution in [0.4, 0.5) is 0 Å². The Balaban J connectivity index is 3.95. The molecule has 90 valence electrons. The van der Waals surface area contributed by atoms with Crippen LogP contribution in [0.5, 0.6) is 0 Å². The molecule has 0 amide bonds. The van der Waals surface area contributed by atoms with Crippen LogP contribution in [0.25, 0.3) is 0 Å². The molecular formula is C11H16O5. The molecule has 0 aliphatic heterocycles. The molecule has 0 rings (SSSR count). The number of rotatable bonds is 8. The van der Waals surface area contributed by atoms with Crippen LogP contribution in [0.15, 0.2) is 25.3 Å². The fourth-order valence-electron chi connectivity index (χ4n) is 0.898. The molecule has 0 aliphatic rings. The fraction of sp³-hybridized carbons (Fsp3) is 0.455. The molecule has 0 aliphatic carbocycles. The Morgan fingerprint density at radius 2 is 1.50 bits per heavy atom. The molecule has 0 radical (unpaired) electrons. The van der Waals surface area contributed by atoms with E-state index in [0.29, 0.717) is 6.61 Å². The second-order valence-electron chi connectivity index (χ2n) is 2.99. The summed E-state index contributed by atoms with van der Waals surface area (Å²) >= 11 is 0. The van der Waals surface area contributed by atoms with Gasteiger partial charge in [-0.2, -0.15) is 0 Å². The molecule has 16 heavy (non-hydrogen) atoms. The van der Waals surface area contributed by atoms with Crippen LogP contribution in [0, 0.1) is 5.92 Å². The fourth-order valence-corrected chi connectivity index (χ4v) is 0.898. The Morgan fingerprint density at radius 1 is 1.06 bits per heavy atom. The van der Waals surface area contributed by atoms with Gasteiger partial charge >= 0.3 is 11.9 Å². The van der Waals surface area contributed by atoms with Gasteiger partial charge in [0.05, 0.1) is 25.7 Å². The van der Waals surface area contributed by atoms with E-state index in [-0.39, 0.29) is 19.1 Å². The van der Waals surface area contributed by atoms with E-state index in [2.05, 4.69) is 13.2 Å². The first kappa shape index (κ1) is 14.4. The summed E-state index contributed by atoms with van der Waals surface area (Å²) in [5.74, 6) is -1.23. The minimum absolute atomic E-state index is 0.114. The minimum atomic E-state index is -0.517. The maximum Gasteiger partial charge on any atom is 0.330 e. The van der Waals surface area contributed by atoms with Gasteiger partial charge in [0, 0.05) is 19.3 Å². The highest BCUT2D eigenvalue weighted by molar-refractivity contribution is 5.81. The third-order valence-corrected chi connectivity index (χ3v) is 1.66. The molecule has 0 aromatic heterocycles. The maximum atomic E-state index is 10.8. The molecule has 0 bridgehead atoms. The van der Waals surface area contributed by atoms with E-state index in [1.807, 2.05) is 0 Å². The lowest BCUT2D eigenvalue weighted by Gasteiger charge is -2.15. The number of hydrogen-bond acceptors (Lipinski definition) is 5. The van der Waals surface area contributed by atoms with E-state index < -0.39 is 11.9 Å². The van der Waals surface area contributed by atoms with E-state index in [0.717, 1.165) is 12.2 Å². The summed E-state index contributed by atoms with van der Waals surface area (Å²) in [5.41, 5.74) is 0. The largest absolute Gasteiger partial charge is 0.462 e. The van der Waals surface area contributed by atoms with Crippen LogP contribution in [0.3, 0.4) is 0 Å². The Labute approximate surface area is 94.7 Å². The molecule has 0 saturated carbocycles. The van der Waals surface area contributed by atoms with Gasteiger partial charge in [0.25, 0.3) is 0 Å². The summed E-state index contributed by atoms with van der Waals surface area (Å²) in [5, 5.41) is 0. The molecule has 0 fully saturated rings. The zero-order valence-electron chi connectivity index (χ0n) is 9.31. The second kappa shape index (κ2) is 8.67. The number of carbonyl (C=O) groups is 2. The van der Waals surface area contributed by atoms with Crippen LogP contribution >= 0.6 is 0 Å². The Hall–Kier alpha value is -1.62. The lowest BCUT2D eigenvalue weighted by atomic mass is 10.2. The van der Waals surface area contributed by atoms with Crippen LogP contribution in [0.1, 0.15) is 0 Å². The molecule has 0 heterocycles. The summed E-state index contributed by atoms with van der Waals surface area (Å²) in [4.78, 5) is 21.6. The highest BCUT2D eigenvalue weighted by Crippen LogP contribution is 2.01. The molecule has 0 aromatic carbocycles. The third kappa shape index (κ3) is 6.78. The van der Waals surface area contributed by atoms with Gasteiger partial charge in [0.15, 0.2) is 0 Å². The van der Waals surface area contributed by atoms with E-state index >= 15 is 0 Å². The second-order valence-corrected chi connectivity index (χ2v) is 2.99. The van der Waals surface area contributed by atoms with Crippen molar-refractivity contribution in [1.82, 2.24) is 0 Å². The summed E-state index contributed by atoms with van der Waals surface area (Å²) in [7, 11) is 1.51. The first-order valence-electron chi connectivity index (χ1n) is 4.71. The maximum absolute atomic E-state index is 10.8. The number of carbonyl (C=O) groups excluding carboxylic acids is 2. The van der Waals surface area contributed by atoms with Crippen molar-refractivity contribution in [3.05, 3.63) is 25.3 Å². The van der Waals surface area contributed by atoms with E-state index in [9.17, 15) is 9.59 Å². The van der Waals surface area contributed by atoms with Crippen molar-refractivity contribution < 1.29 is 23.8 Å². The number of esters is 2. The number of methoxy groups -OCH3 is 1. The summed E-state index contributed by atoms with van der Waals surface area (Å²) in [6.45, 7) is 7.09. The highest BCUT2D eigenvalue weighted by atomic mass is 16.5. The molecule has 0 N–H and O–H groups in total. The van der Waals surface area contributed by atoms with Crippen LogP contribution in [-0.2, 0) is 23.8 Å². The Bertz CT molecular complexity index is 235. The van der Waals surface area contributed by atoms with Crippen molar-refractivity contribution in [2.75, 3.05) is 26.9 Å². The van der Waals surface area contributed by atoms with Crippen molar-refractivity contribution in [1.29, 1.82) is 0 Å². The van der Waals surface area contributed by atoms with Crippen molar-refractivity contribution >= 4 is 11.9 Å². The number of ether oxygens (including phenoxy) is 3. The molecule has 5 heteroatoms. The smallest absolute Gasteiger partial charge is 0.330 e. The van der Waals surface area contributed by atoms with Gasteiger partial charge in [-0.25, -0.2) is 9.59 Å². The quantitative estimate of drug-likeness (QED) is 0.452. The summed E-state index contributed by atoms with van der Waals surface area (Å²) < 4.78 is 14.5. The summed E-state index contributed by atoms with van der Waals surface area (Å²) in [6, 6.07) is 0. The van der Waals surface area contributed by atoms with Crippen LogP contribution in [0.2, 0.25) is 0 Å². The van der Waals surface area contributed by atoms with Gasteiger partial charge in [-0.15, -0.1) is 0 Å². The Kier molecular flexibility index (Phi) is 7.79. The lowest BCUT2D eigenvalue weighted by Crippen LogP contribution is -2.23. The summed E-state index contributed by atoms with van der Waals surface area (Å²) in [6.07, 6.45) is 2.14. The first-order chi connectivity index (χ1) is 7.63. The molecule has 5 nitrogen and oxygen atoms in total. The standard InChI is InChI=1S/C11H16O5/c1-4-10(12)15-7-9(6-14-3)8-16-11(13)5-2/h4-5,9H,1-2,6-8H2,3H3. The van der Waals surface area contributed by atoms with Crippen molar-refractivity contribution in [3.63, 3.8) is 0 Å². The van der Waals surface area contributed by atoms with Crippen LogP contribution < -0.4 is 0 Å². The van der Waals surface area contributed by atoms with Gasteiger partial charge in [-0.1, -0.05) is 13.2 Å². The van der Waals surface area contributed by atoms with E-state index in [1.54, 1.807) is 0 Å². The zero-order valence-corrected chi connectivity index (χ0v) is 9.31. The SMILES string of the molecule is C=CC(=O)OCC(COC)COC(=O)C=C. The molecule has 0 atom stereocenters. The monoisotopic (exact) mass is 228 g/mol. The average molecular weight is 228 g/mol. The van der Waals surface area contributed by atoms with Crippen molar-refractivity contribution in [2.45, 2.75) is 0 Å². The molecular weight excluding hydrogens is 212 g/mol. The first-order valence-corrected chi connectivity index (χ1v) is 4.71. The molecule has 0 aromatic rings. The van der Waals surface area contributed by atoms with E-state index in [4.69, 9.17) is 14.2 Å². The van der Waals surface area contributed by atoms with Gasteiger partial charge in [-0.05, 0) is 0 Å². The van der Waals surface area contributed by atoms with Gasteiger partial charge in [-0.3, -0.25) is 0 Å². The van der Waals surface area contributed by atoms with Crippen molar-refractivity contribution in [3.8, 4) is 0 Å². The predicted octanol–water partition coefficient (Wildman–Crippen LogP) is 0.707. The third-order valence-electron chi connectivity index (χ3n) is 1.66. The number of hydrogen-bond donors (Lipinski definition) is 0. The normalized spacial score (nSPS) is 9.62. The van der Waals surface area contributed by atoms with Crippen LogP contribution in [-0.4, -0.2) is 38.9 Å². The van der Waals surface area contributed by atoms with Gasteiger partial charge in [0.2, 0.25) is 0 Å². The molecule has 0 unspecified atom stereocenters. The lowest BCUT2D eigenvalue weighted by molar-refractivity contribution is -0.144. The zero-order chi connectivity index (χ0) is 12.4. The average Bonchev–Trinajstić information content (AvgIpc) is 2.31. The van der Waals surface area contributed by atoms with E-state index in [1.165, 1.54) is 7.11 Å². The predicted molar refractivity (Wildman–Crippen MR) is 57.7 cm³/mol. The van der Waals surface area contributed by atoms with Gasteiger partial charge in [0.1, 0.15) is 0 Å². The minimum Gasteiger partial charge on any atom is -0.462 e. The molecule has 0 saturated heterocycles. The van der Waals surface area contributed by atoms with Crippen molar-refractivity contribution in [2.24, 2.45) is 5.92 Å².